The van der Waals surface area contributed by atoms with Gasteiger partial charge in [0.25, 0.3) is 0 Å². The Labute approximate surface area is 144 Å². The maximum atomic E-state index is 11.4. The molecule has 24 heavy (non-hydrogen) atoms. The van der Waals surface area contributed by atoms with E-state index in [0.717, 1.165) is 24.2 Å². The monoisotopic (exact) mass is 331 g/mol. The smallest absolute Gasteiger partial charge is 0.491 e. The summed E-state index contributed by atoms with van der Waals surface area (Å²) in [6, 6.07) is 8.00. The van der Waals surface area contributed by atoms with Crippen LogP contribution >= 0.6 is 0 Å². The van der Waals surface area contributed by atoms with Crippen molar-refractivity contribution in [1.29, 1.82) is 0 Å². The van der Waals surface area contributed by atoms with E-state index in [0.29, 0.717) is 6.61 Å². The van der Waals surface area contributed by atoms with E-state index in [-0.39, 0.29) is 30.3 Å². The third-order valence-corrected chi connectivity index (χ3v) is 5.40. The number of hydrogen-bond donors (Lipinski definition) is 0. The fourth-order valence-corrected chi connectivity index (χ4v) is 2.92. The minimum Gasteiger partial charge on any atom is -0.491 e. The third-order valence-electron chi connectivity index (χ3n) is 5.40. The third kappa shape index (κ3) is 3.17. The zero-order valence-corrected chi connectivity index (χ0v) is 15.2. The van der Waals surface area contributed by atoms with Crippen LogP contribution in [0.4, 0.5) is 0 Å². The average Bonchev–Trinajstić information content (AvgIpc) is 2.66. The van der Waals surface area contributed by atoms with Gasteiger partial charge in [-0.2, -0.15) is 0 Å². The molecule has 2 fully saturated rings. The summed E-state index contributed by atoms with van der Waals surface area (Å²) in [6.45, 7) is 11.2. The molecular formula is C18H26BNO4. The molecule has 5 nitrogen and oxygen atoms in total. The number of nitrogens with zero attached hydrogens (tertiary/aromatic N) is 1. The van der Waals surface area contributed by atoms with Crippen molar-refractivity contribution in [3.63, 3.8) is 0 Å². The van der Waals surface area contributed by atoms with Gasteiger partial charge in [-0.3, -0.25) is 4.79 Å². The molecule has 2 heterocycles. The molecule has 6 heteroatoms. The summed E-state index contributed by atoms with van der Waals surface area (Å²) in [4.78, 5) is 13.2. The van der Waals surface area contributed by atoms with E-state index in [1.165, 1.54) is 0 Å². The molecule has 2 aliphatic heterocycles. The van der Waals surface area contributed by atoms with E-state index < -0.39 is 0 Å². The molecule has 0 bridgehead atoms. The Morgan fingerprint density at radius 1 is 1.21 bits per heavy atom. The molecule has 0 unspecified atom stereocenters. The van der Waals surface area contributed by atoms with Gasteiger partial charge in [0, 0.05) is 13.5 Å². The Bertz CT molecular complexity index is 598. The van der Waals surface area contributed by atoms with Crippen LogP contribution in [0, 0.1) is 0 Å². The summed E-state index contributed by atoms with van der Waals surface area (Å²) < 4.78 is 17.9. The Balaban J connectivity index is 1.58. The van der Waals surface area contributed by atoms with Crippen LogP contribution in [0.15, 0.2) is 24.3 Å². The first-order valence-electron chi connectivity index (χ1n) is 8.55. The van der Waals surface area contributed by atoms with Gasteiger partial charge in [0.1, 0.15) is 12.4 Å². The van der Waals surface area contributed by atoms with Gasteiger partial charge in [0.05, 0.1) is 17.2 Å². The van der Waals surface area contributed by atoms with E-state index in [9.17, 15) is 4.79 Å². The van der Waals surface area contributed by atoms with Crippen LogP contribution in [0.1, 0.15) is 41.0 Å². The molecule has 0 saturated carbocycles. The number of likely N-dealkylation sites (tertiary alicyclic amines) is 1. The first-order chi connectivity index (χ1) is 11.2. The van der Waals surface area contributed by atoms with Gasteiger partial charge in [-0.15, -0.1) is 0 Å². The van der Waals surface area contributed by atoms with Crippen molar-refractivity contribution in [2.45, 2.75) is 58.3 Å². The molecule has 130 valence electrons. The van der Waals surface area contributed by atoms with E-state index in [2.05, 4.69) is 0 Å². The maximum Gasteiger partial charge on any atom is 0.494 e. The fraction of sp³-hybridized carbons (Fsp3) is 0.611. The molecule has 0 aromatic heterocycles. The lowest BCUT2D eigenvalue weighted by Gasteiger charge is -2.40. The molecule has 1 aromatic rings. The maximum absolute atomic E-state index is 11.4. The number of carbonyl (C=O) groups is 1. The highest BCUT2D eigenvalue weighted by molar-refractivity contribution is 6.62. The van der Waals surface area contributed by atoms with Crippen molar-refractivity contribution in [3.05, 3.63) is 24.3 Å². The fourth-order valence-electron chi connectivity index (χ4n) is 2.92. The second-order valence-electron chi connectivity index (χ2n) is 7.62. The standard InChI is InChI=1S/C18H26BNO4/c1-13(21)20-11-10-15(20)12-22-16-8-6-14(7-9-16)19-23-17(2,3)18(4,5)24-19/h6-9,15H,10-12H2,1-5H3/t15-/m1/s1. The summed E-state index contributed by atoms with van der Waals surface area (Å²) in [6.07, 6.45) is 1.01. The lowest BCUT2D eigenvalue weighted by molar-refractivity contribution is -0.137. The van der Waals surface area contributed by atoms with Crippen molar-refractivity contribution in [2.75, 3.05) is 13.2 Å². The predicted molar refractivity (Wildman–Crippen MR) is 93.4 cm³/mol. The zero-order valence-electron chi connectivity index (χ0n) is 15.2. The van der Waals surface area contributed by atoms with Crippen molar-refractivity contribution in [1.82, 2.24) is 4.90 Å². The van der Waals surface area contributed by atoms with Crippen molar-refractivity contribution in [3.8, 4) is 5.75 Å². The lowest BCUT2D eigenvalue weighted by atomic mass is 9.79. The number of hydrogen-bond acceptors (Lipinski definition) is 4. The van der Waals surface area contributed by atoms with Crippen molar-refractivity contribution < 1.29 is 18.8 Å². The highest BCUT2D eigenvalue weighted by Gasteiger charge is 2.51. The van der Waals surface area contributed by atoms with Crippen LogP contribution in [0.3, 0.4) is 0 Å². The molecule has 1 aromatic carbocycles. The van der Waals surface area contributed by atoms with Gasteiger partial charge in [-0.25, -0.2) is 0 Å². The van der Waals surface area contributed by atoms with Gasteiger partial charge < -0.3 is 18.9 Å². The number of ether oxygens (including phenoxy) is 1. The first kappa shape index (κ1) is 17.3. The average molecular weight is 331 g/mol. The quantitative estimate of drug-likeness (QED) is 0.792. The Kier molecular flexibility index (Phi) is 4.38. The molecule has 0 aliphatic carbocycles. The molecule has 3 rings (SSSR count). The highest BCUT2D eigenvalue weighted by Crippen LogP contribution is 2.36. The van der Waals surface area contributed by atoms with Gasteiger partial charge in [-0.05, 0) is 51.7 Å². The Morgan fingerprint density at radius 2 is 1.79 bits per heavy atom. The number of benzene rings is 1. The second kappa shape index (κ2) is 6.08. The number of rotatable bonds is 4. The normalized spacial score (nSPS) is 24.6. The summed E-state index contributed by atoms with van der Waals surface area (Å²) in [7, 11) is -0.358. The van der Waals surface area contributed by atoms with Crippen LogP contribution in [0.25, 0.3) is 0 Å². The SMILES string of the molecule is CC(=O)N1CC[C@@H]1COc1ccc(B2OC(C)(C)C(C)(C)O2)cc1. The Morgan fingerprint density at radius 3 is 2.25 bits per heavy atom. The van der Waals surface area contributed by atoms with E-state index in [1.807, 2.05) is 56.9 Å². The summed E-state index contributed by atoms with van der Waals surface area (Å²) in [5.41, 5.74) is 0.301. The van der Waals surface area contributed by atoms with E-state index in [1.54, 1.807) is 6.92 Å². The summed E-state index contributed by atoms with van der Waals surface area (Å²) >= 11 is 0. The van der Waals surface area contributed by atoms with Crippen molar-refractivity contribution >= 4 is 18.5 Å². The van der Waals surface area contributed by atoms with E-state index >= 15 is 0 Å². The van der Waals surface area contributed by atoms with Crippen LogP contribution in [-0.2, 0) is 14.1 Å². The molecule has 1 amide bonds. The lowest BCUT2D eigenvalue weighted by Crippen LogP contribution is -2.53. The number of amides is 1. The molecule has 0 N–H and O–H groups in total. The van der Waals surface area contributed by atoms with Crippen molar-refractivity contribution in [2.24, 2.45) is 0 Å². The molecule has 2 aliphatic rings. The highest BCUT2D eigenvalue weighted by atomic mass is 16.7. The molecular weight excluding hydrogens is 305 g/mol. The van der Waals surface area contributed by atoms with Gasteiger partial charge in [0.2, 0.25) is 5.91 Å². The minimum absolute atomic E-state index is 0.117. The molecule has 1 atom stereocenters. The predicted octanol–water partition coefficient (Wildman–Crippen LogP) is 1.99. The second-order valence-corrected chi connectivity index (χ2v) is 7.62. The Hall–Kier alpha value is -1.53. The van der Waals surface area contributed by atoms with Crippen LogP contribution in [0.2, 0.25) is 0 Å². The van der Waals surface area contributed by atoms with Crippen LogP contribution < -0.4 is 10.2 Å². The largest absolute Gasteiger partial charge is 0.494 e. The minimum atomic E-state index is -0.358. The van der Waals surface area contributed by atoms with Crippen LogP contribution in [-0.4, -0.2) is 48.3 Å². The topological polar surface area (TPSA) is 48.0 Å². The number of carbonyl (C=O) groups excluding carboxylic acids is 1. The van der Waals surface area contributed by atoms with Gasteiger partial charge in [-0.1, -0.05) is 12.1 Å². The zero-order chi connectivity index (χ0) is 17.5. The summed E-state index contributed by atoms with van der Waals surface area (Å²) in [5, 5.41) is 0. The molecule has 0 spiro atoms. The van der Waals surface area contributed by atoms with E-state index in [4.69, 9.17) is 14.0 Å². The molecule has 0 radical (unpaired) electrons. The van der Waals surface area contributed by atoms with Gasteiger partial charge in [0.15, 0.2) is 0 Å². The van der Waals surface area contributed by atoms with Gasteiger partial charge >= 0.3 is 7.12 Å². The molecule has 2 saturated heterocycles. The van der Waals surface area contributed by atoms with Crippen LogP contribution in [0.5, 0.6) is 5.75 Å². The summed E-state index contributed by atoms with van der Waals surface area (Å²) in [5.74, 6) is 0.914. The first-order valence-corrected chi connectivity index (χ1v) is 8.55.